The van der Waals surface area contributed by atoms with E-state index >= 15 is 0 Å². The molecule has 0 unspecified atom stereocenters. The number of nitrogens with zero attached hydrogens (tertiary/aromatic N) is 3. The first kappa shape index (κ1) is 18.7. The molecule has 0 bridgehead atoms. The van der Waals surface area contributed by atoms with Crippen LogP contribution in [0.25, 0.3) is 0 Å². The van der Waals surface area contributed by atoms with Gasteiger partial charge in [-0.25, -0.2) is 14.4 Å². The van der Waals surface area contributed by atoms with Crippen molar-refractivity contribution in [1.29, 1.82) is 0 Å². The molecule has 5 nitrogen and oxygen atoms in total. The Morgan fingerprint density at radius 3 is 2.96 bits per heavy atom. The van der Waals surface area contributed by atoms with Crippen LogP contribution >= 0.6 is 0 Å². The number of hydrogen-bond donors (Lipinski definition) is 0. The molecule has 1 aromatic carbocycles. The summed E-state index contributed by atoms with van der Waals surface area (Å²) in [7, 11) is 0. The van der Waals surface area contributed by atoms with Gasteiger partial charge in [0.1, 0.15) is 5.82 Å². The van der Waals surface area contributed by atoms with Crippen molar-refractivity contribution in [1.82, 2.24) is 9.97 Å². The molecule has 1 aromatic heterocycles. The Kier molecular flexibility index (Phi) is 4.96. The van der Waals surface area contributed by atoms with Crippen LogP contribution in [0.2, 0.25) is 0 Å². The van der Waals surface area contributed by atoms with Crippen molar-refractivity contribution in [3.05, 3.63) is 53.6 Å². The molecule has 1 amide bonds. The number of ketones is 1. The molecule has 6 heteroatoms. The fourth-order valence-electron chi connectivity index (χ4n) is 4.70. The van der Waals surface area contributed by atoms with Gasteiger partial charge in [0.25, 0.3) is 0 Å². The first-order valence-electron chi connectivity index (χ1n) is 9.87. The predicted molar refractivity (Wildman–Crippen MR) is 103 cm³/mol. The van der Waals surface area contributed by atoms with Gasteiger partial charge in [-0.2, -0.15) is 0 Å². The summed E-state index contributed by atoms with van der Waals surface area (Å²) in [6.07, 6.45) is 6.21. The van der Waals surface area contributed by atoms with E-state index in [4.69, 9.17) is 0 Å². The minimum Gasteiger partial charge on any atom is -0.294 e. The molecule has 1 saturated heterocycles. The maximum atomic E-state index is 13.4. The Balaban J connectivity index is 1.47. The Bertz CT molecular complexity index is 916. The second kappa shape index (κ2) is 7.41. The Hall–Kier alpha value is -2.63. The van der Waals surface area contributed by atoms with Crippen LogP contribution in [0.5, 0.6) is 0 Å². The number of carbonyl (C=O) groups excluding carboxylic acids is 2. The molecule has 2 heterocycles. The summed E-state index contributed by atoms with van der Waals surface area (Å²) in [5.41, 5.74) is 0.825. The third-order valence-electron chi connectivity index (χ3n) is 6.10. The summed E-state index contributed by atoms with van der Waals surface area (Å²) in [6, 6.07) is 7.66. The van der Waals surface area contributed by atoms with Crippen molar-refractivity contribution in [2.24, 2.45) is 11.3 Å². The van der Waals surface area contributed by atoms with Gasteiger partial charge in [0, 0.05) is 30.4 Å². The van der Waals surface area contributed by atoms with E-state index in [1.165, 1.54) is 12.1 Å². The van der Waals surface area contributed by atoms with Crippen LogP contribution in [-0.4, -0.2) is 28.2 Å². The number of aromatic nitrogens is 2. The van der Waals surface area contributed by atoms with E-state index in [0.29, 0.717) is 30.9 Å². The SMILES string of the molecule is Cc1ccnc(N2CC[C@]3(CCC[C@H](CC(=O)c4cccc(F)c4)C3)C2=O)n1. The molecule has 2 aromatic rings. The van der Waals surface area contributed by atoms with Gasteiger partial charge >= 0.3 is 0 Å². The van der Waals surface area contributed by atoms with E-state index in [-0.39, 0.29) is 17.6 Å². The zero-order chi connectivity index (χ0) is 19.7. The highest BCUT2D eigenvalue weighted by Gasteiger charge is 2.50. The topological polar surface area (TPSA) is 63.2 Å². The molecule has 1 spiro atoms. The Morgan fingerprint density at radius 2 is 2.18 bits per heavy atom. The summed E-state index contributed by atoms with van der Waals surface area (Å²) in [6.45, 7) is 2.50. The van der Waals surface area contributed by atoms with Crippen molar-refractivity contribution < 1.29 is 14.0 Å². The number of aryl methyl sites for hydroxylation is 1. The Labute approximate surface area is 164 Å². The molecule has 1 aliphatic heterocycles. The number of halogens is 1. The lowest BCUT2D eigenvalue weighted by molar-refractivity contribution is -0.128. The Morgan fingerprint density at radius 1 is 1.32 bits per heavy atom. The van der Waals surface area contributed by atoms with Gasteiger partial charge in [-0.15, -0.1) is 0 Å². The molecule has 1 aliphatic carbocycles. The average molecular weight is 381 g/mol. The van der Waals surface area contributed by atoms with Gasteiger partial charge < -0.3 is 0 Å². The van der Waals surface area contributed by atoms with Crippen LogP contribution in [0.1, 0.15) is 54.6 Å². The smallest absolute Gasteiger partial charge is 0.235 e. The maximum Gasteiger partial charge on any atom is 0.235 e. The molecular formula is C22H24FN3O2. The van der Waals surface area contributed by atoms with Crippen molar-refractivity contribution in [2.45, 2.75) is 45.4 Å². The highest BCUT2D eigenvalue weighted by atomic mass is 19.1. The zero-order valence-electron chi connectivity index (χ0n) is 16.0. The normalized spacial score (nSPS) is 24.7. The van der Waals surface area contributed by atoms with Crippen LogP contribution < -0.4 is 4.90 Å². The van der Waals surface area contributed by atoms with E-state index in [1.807, 2.05) is 13.0 Å². The van der Waals surface area contributed by atoms with E-state index in [2.05, 4.69) is 9.97 Å². The van der Waals surface area contributed by atoms with E-state index in [0.717, 1.165) is 31.4 Å². The highest BCUT2D eigenvalue weighted by Crippen LogP contribution is 2.48. The summed E-state index contributed by atoms with van der Waals surface area (Å²) in [5.74, 6) is 0.254. The van der Waals surface area contributed by atoms with Gasteiger partial charge in [0.05, 0.1) is 5.41 Å². The molecule has 4 rings (SSSR count). The van der Waals surface area contributed by atoms with Gasteiger partial charge in [0.15, 0.2) is 5.78 Å². The van der Waals surface area contributed by atoms with Crippen LogP contribution in [0.3, 0.4) is 0 Å². The summed E-state index contributed by atoms with van der Waals surface area (Å²) >= 11 is 0. The van der Waals surface area contributed by atoms with E-state index in [9.17, 15) is 14.0 Å². The van der Waals surface area contributed by atoms with Crippen LogP contribution in [0.15, 0.2) is 36.5 Å². The molecular weight excluding hydrogens is 357 g/mol. The summed E-state index contributed by atoms with van der Waals surface area (Å²) in [4.78, 5) is 36.2. The second-order valence-electron chi connectivity index (χ2n) is 8.09. The van der Waals surface area contributed by atoms with Gasteiger partial charge in [-0.1, -0.05) is 18.6 Å². The lowest BCUT2D eigenvalue weighted by atomic mass is 9.67. The number of amides is 1. The first-order chi connectivity index (χ1) is 13.5. The molecule has 2 atom stereocenters. The minimum absolute atomic E-state index is 0.0501. The van der Waals surface area contributed by atoms with Gasteiger partial charge in [-0.05, 0) is 56.7 Å². The van der Waals surface area contributed by atoms with Gasteiger partial charge in [-0.3, -0.25) is 14.5 Å². The fraction of sp³-hybridized carbons (Fsp3) is 0.455. The second-order valence-corrected chi connectivity index (χ2v) is 8.09. The van der Waals surface area contributed by atoms with Crippen molar-refractivity contribution >= 4 is 17.6 Å². The molecule has 28 heavy (non-hydrogen) atoms. The number of carbonyl (C=O) groups is 2. The lowest BCUT2D eigenvalue weighted by Gasteiger charge is -2.36. The maximum absolute atomic E-state index is 13.4. The monoisotopic (exact) mass is 381 g/mol. The summed E-state index contributed by atoms with van der Waals surface area (Å²) < 4.78 is 13.4. The lowest BCUT2D eigenvalue weighted by Crippen LogP contribution is -2.39. The third kappa shape index (κ3) is 3.55. The van der Waals surface area contributed by atoms with Crippen molar-refractivity contribution in [3.63, 3.8) is 0 Å². The standard InChI is InChI=1S/C22H24FN3O2/c1-15-7-10-24-21(25-15)26-11-9-22(20(26)28)8-3-4-16(14-22)12-19(27)17-5-2-6-18(23)13-17/h2,5-7,10,13,16H,3-4,8-9,11-12,14H2,1H3/t16-,22+/m1/s1. The molecule has 0 N–H and O–H groups in total. The quantitative estimate of drug-likeness (QED) is 0.748. The zero-order valence-corrected chi connectivity index (χ0v) is 16.0. The number of anilines is 1. The molecule has 2 fully saturated rings. The van der Waals surface area contributed by atoms with E-state index in [1.54, 1.807) is 23.2 Å². The van der Waals surface area contributed by atoms with Gasteiger partial charge in [0.2, 0.25) is 11.9 Å². The minimum atomic E-state index is -0.418. The van der Waals surface area contributed by atoms with Crippen molar-refractivity contribution in [2.75, 3.05) is 11.4 Å². The fourth-order valence-corrected chi connectivity index (χ4v) is 4.70. The molecule has 2 aliphatic rings. The average Bonchev–Trinajstić information content (AvgIpc) is 2.97. The molecule has 1 saturated carbocycles. The highest BCUT2D eigenvalue weighted by molar-refractivity contribution is 5.99. The first-order valence-corrected chi connectivity index (χ1v) is 9.87. The molecule has 146 valence electrons. The van der Waals surface area contributed by atoms with Crippen LogP contribution in [0.4, 0.5) is 10.3 Å². The number of benzene rings is 1. The number of rotatable bonds is 4. The van der Waals surface area contributed by atoms with Crippen molar-refractivity contribution in [3.8, 4) is 0 Å². The van der Waals surface area contributed by atoms with Crippen LogP contribution in [-0.2, 0) is 4.79 Å². The number of Topliss-reactive ketones (excluding diaryl/α,β-unsaturated/α-hetero) is 1. The summed E-state index contributed by atoms with van der Waals surface area (Å²) in [5, 5.41) is 0. The molecule has 0 radical (unpaired) electrons. The predicted octanol–water partition coefficient (Wildman–Crippen LogP) is 4.11. The number of hydrogen-bond acceptors (Lipinski definition) is 4. The van der Waals surface area contributed by atoms with Crippen LogP contribution in [0, 0.1) is 24.1 Å². The third-order valence-corrected chi connectivity index (χ3v) is 6.10. The van der Waals surface area contributed by atoms with E-state index < -0.39 is 11.2 Å². The largest absolute Gasteiger partial charge is 0.294 e.